The normalized spacial score (nSPS) is 10.1. The Bertz CT molecular complexity index is 673. The Kier molecular flexibility index (Phi) is 4.09. The average Bonchev–Trinajstić information content (AvgIpc) is 2.39. The van der Waals surface area contributed by atoms with Crippen LogP contribution in [0.2, 0.25) is 0 Å². The van der Waals surface area contributed by atoms with Crippen molar-refractivity contribution in [3.8, 4) is 5.75 Å². The molecule has 2 aromatic carbocycles. The minimum atomic E-state index is -0.800. The molecular formula is C13H7BrFNO4. The number of ether oxygens (including phenoxy) is 1. The van der Waals surface area contributed by atoms with Crippen LogP contribution in [0.1, 0.15) is 10.4 Å². The van der Waals surface area contributed by atoms with Crippen LogP contribution < -0.4 is 4.74 Å². The Balaban J connectivity index is 2.29. The molecule has 0 aliphatic carbocycles. The van der Waals surface area contributed by atoms with E-state index in [1.54, 1.807) is 12.1 Å². The maximum absolute atomic E-state index is 13.1. The molecule has 0 saturated carbocycles. The first kappa shape index (κ1) is 14.1. The second-order valence-electron chi connectivity index (χ2n) is 3.77. The van der Waals surface area contributed by atoms with Crippen LogP contribution >= 0.6 is 15.9 Å². The zero-order valence-corrected chi connectivity index (χ0v) is 11.5. The van der Waals surface area contributed by atoms with Gasteiger partial charge in [0.05, 0.1) is 10.5 Å². The number of esters is 1. The molecule has 0 atom stereocenters. The standard InChI is InChI=1S/C13H7BrFNO4/c14-9-3-1-8(2-4-9)13(17)20-12-7-10(15)5-6-11(12)16(18)19/h1-7H. The van der Waals surface area contributed by atoms with Crippen molar-refractivity contribution in [2.24, 2.45) is 0 Å². The van der Waals surface area contributed by atoms with Crippen molar-refractivity contribution in [3.05, 3.63) is 68.4 Å². The first-order valence-corrected chi connectivity index (χ1v) is 6.18. The fourth-order valence-electron chi connectivity index (χ4n) is 1.47. The van der Waals surface area contributed by atoms with Crippen LogP contribution in [0.25, 0.3) is 0 Å². The third-order valence-corrected chi connectivity index (χ3v) is 2.93. The Morgan fingerprint density at radius 2 is 1.85 bits per heavy atom. The van der Waals surface area contributed by atoms with Gasteiger partial charge in [0, 0.05) is 16.6 Å². The maximum Gasteiger partial charge on any atom is 0.343 e. The molecule has 0 aliphatic heterocycles. The monoisotopic (exact) mass is 339 g/mol. The summed E-state index contributed by atoms with van der Waals surface area (Å²) in [6, 6.07) is 8.88. The number of carbonyl (C=O) groups is 1. The highest BCUT2D eigenvalue weighted by molar-refractivity contribution is 9.10. The maximum atomic E-state index is 13.1. The summed E-state index contributed by atoms with van der Waals surface area (Å²) in [7, 11) is 0. The fraction of sp³-hybridized carbons (Fsp3) is 0. The van der Waals surface area contributed by atoms with E-state index in [0.29, 0.717) is 0 Å². The highest BCUT2D eigenvalue weighted by Gasteiger charge is 2.19. The number of hydrogen-bond donors (Lipinski definition) is 0. The van der Waals surface area contributed by atoms with Crippen LogP contribution in [0.4, 0.5) is 10.1 Å². The summed E-state index contributed by atoms with van der Waals surface area (Å²) in [5.74, 6) is -1.96. The molecule has 0 amide bonds. The van der Waals surface area contributed by atoms with Gasteiger partial charge in [0.25, 0.3) is 0 Å². The van der Waals surface area contributed by atoms with Crippen LogP contribution in [0.3, 0.4) is 0 Å². The number of benzene rings is 2. The lowest BCUT2D eigenvalue weighted by Crippen LogP contribution is -2.09. The van der Waals surface area contributed by atoms with Crippen LogP contribution in [0, 0.1) is 15.9 Å². The summed E-state index contributed by atoms with van der Waals surface area (Å²) < 4.78 is 18.7. The van der Waals surface area contributed by atoms with Gasteiger partial charge in [-0.15, -0.1) is 0 Å². The Morgan fingerprint density at radius 3 is 2.45 bits per heavy atom. The molecule has 0 saturated heterocycles. The number of nitro benzene ring substituents is 1. The van der Waals surface area contributed by atoms with Crippen molar-refractivity contribution in [1.29, 1.82) is 0 Å². The van der Waals surface area contributed by atoms with Crippen molar-refractivity contribution < 1.29 is 18.8 Å². The fourth-order valence-corrected chi connectivity index (χ4v) is 1.73. The lowest BCUT2D eigenvalue weighted by Gasteiger charge is -2.05. The van der Waals surface area contributed by atoms with E-state index in [4.69, 9.17) is 4.74 Å². The molecule has 0 radical (unpaired) electrons. The first-order chi connectivity index (χ1) is 9.47. The van der Waals surface area contributed by atoms with E-state index in [1.165, 1.54) is 12.1 Å². The van der Waals surface area contributed by atoms with E-state index in [0.717, 1.165) is 22.7 Å². The van der Waals surface area contributed by atoms with Crippen LogP contribution in [0.5, 0.6) is 5.75 Å². The molecule has 2 aromatic rings. The van der Waals surface area contributed by atoms with Gasteiger partial charge in [-0.25, -0.2) is 9.18 Å². The minimum Gasteiger partial charge on any atom is -0.415 e. The topological polar surface area (TPSA) is 69.4 Å². The number of nitro groups is 1. The summed E-state index contributed by atoms with van der Waals surface area (Å²) >= 11 is 3.21. The Labute approximate surface area is 121 Å². The number of halogens is 2. The van der Waals surface area contributed by atoms with E-state index in [9.17, 15) is 19.3 Å². The molecule has 0 heterocycles. The zero-order chi connectivity index (χ0) is 14.7. The third-order valence-electron chi connectivity index (χ3n) is 2.40. The van der Waals surface area contributed by atoms with Crippen molar-refractivity contribution in [2.75, 3.05) is 0 Å². The Hall–Kier alpha value is -2.28. The van der Waals surface area contributed by atoms with Crippen LogP contribution in [0.15, 0.2) is 46.9 Å². The van der Waals surface area contributed by atoms with E-state index in [-0.39, 0.29) is 5.56 Å². The molecule has 2 rings (SSSR count). The summed E-state index contributed by atoms with van der Waals surface area (Å²) in [6.07, 6.45) is 0. The second-order valence-corrected chi connectivity index (χ2v) is 4.68. The molecule has 0 aromatic heterocycles. The molecule has 0 spiro atoms. The molecule has 0 N–H and O–H groups in total. The van der Waals surface area contributed by atoms with Gasteiger partial charge in [-0.2, -0.15) is 0 Å². The van der Waals surface area contributed by atoms with E-state index < -0.39 is 28.1 Å². The lowest BCUT2D eigenvalue weighted by atomic mass is 10.2. The van der Waals surface area contributed by atoms with Gasteiger partial charge in [0.1, 0.15) is 5.82 Å². The number of hydrogen-bond acceptors (Lipinski definition) is 4. The summed E-state index contributed by atoms with van der Waals surface area (Å²) in [4.78, 5) is 21.9. The SMILES string of the molecule is O=C(Oc1cc(F)ccc1[N+](=O)[O-])c1ccc(Br)cc1. The van der Waals surface area contributed by atoms with Gasteiger partial charge in [-0.1, -0.05) is 15.9 Å². The summed E-state index contributed by atoms with van der Waals surface area (Å²) in [5.41, 5.74) is -0.274. The zero-order valence-electron chi connectivity index (χ0n) is 9.88. The van der Waals surface area contributed by atoms with Gasteiger partial charge in [0.15, 0.2) is 0 Å². The van der Waals surface area contributed by atoms with Gasteiger partial charge in [0.2, 0.25) is 5.75 Å². The highest BCUT2D eigenvalue weighted by atomic mass is 79.9. The van der Waals surface area contributed by atoms with Crippen molar-refractivity contribution >= 4 is 27.6 Å². The van der Waals surface area contributed by atoms with Gasteiger partial charge < -0.3 is 4.74 Å². The first-order valence-electron chi connectivity index (χ1n) is 5.39. The Morgan fingerprint density at radius 1 is 1.20 bits per heavy atom. The lowest BCUT2D eigenvalue weighted by molar-refractivity contribution is -0.385. The molecule has 102 valence electrons. The van der Waals surface area contributed by atoms with E-state index >= 15 is 0 Å². The third kappa shape index (κ3) is 3.18. The summed E-state index contributed by atoms with van der Waals surface area (Å²) in [5, 5.41) is 10.8. The number of rotatable bonds is 3. The minimum absolute atomic E-state index is 0.201. The molecule has 0 unspecified atom stereocenters. The molecule has 0 aliphatic rings. The predicted molar refractivity (Wildman–Crippen MR) is 72.2 cm³/mol. The number of carbonyl (C=O) groups excluding carboxylic acids is 1. The van der Waals surface area contributed by atoms with Gasteiger partial charge >= 0.3 is 11.7 Å². The largest absolute Gasteiger partial charge is 0.415 e. The molecule has 0 fully saturated rings. The van der Waals surface area contributed by atoms with Crippen molar-refractivity contribution in [1.82, 2.24) is 0 Å². The molecule has 0 bridgehead atoms. The highest BCUT2D eigenvalue weighted by Crippen LogP contribution is 2.28. The van der Waals surface area contributed by atoms with E-state index in [1.807, 2.05) is 0 Å². The number of nitrogens with zero attached hydrogens (tertiary/aromatic N) is 1. The molecular weight excluding hydrogens is 333 g/mol. The smallest absolute Gasteiger partial charge is 0.343 e. The van der Waals surface area contributed by atoms with Gasteiger partial charge in [-0.05, 0) is 30.3 Å². The quantitative estimate of drug-likeness (QED) is 0.370. The average molecular weight is 340 g/mol. The predicted octanol–water partition coefficient (Wildman–Crippen LogP) is 3.72. The van der Waals surface area contributed by atoms with Crippen molar-refractivity contribution in [2.45, 2.75) is 0 Å². The second kappa shape index (κ2) is 5.79. The van der Waals surface area contributed by atoms with Crippen LogP contribution in [-0.2, 0) is 0 Å². The summed E-state index contributed by atoms with van der Waals surface area (Å²) in [6.45, 7) is 0. The van der Waals surface area contributed by atoms with Crippen molar-refractivity contribution in [3.63, 3.8) is 0 Å². The molecule has 7 heteroatoms. The van der Waals surface area contributed by atoms with E-state index in [2.05, 4.69) is 15.9 Å². The van der Waals surface area contributed by atoms with Gasteiger partial charge in [-0.3, -0.25) is 10.1 Å². The van der Waals surface area contributed by atoms with Crippen LogP contribution in [-0.4, -0.2) is 10.9 Å². The molecule has 20 heavy (non-hydrogen) atoms. The molecule has 5 nitrogen and oxygen atoms in total.